The number of pyridine rings is 1. The molecule has 1 aromatic heterocycles. The van der Waals surface area contributed by atoms with Gasteiger partial charge in [-0.1, -0.05) is 29.8 Å². The van der Waals surface area contributed by atoms with E-state index in [0.29, 0.717) is 29.5 Å². The molecule has 2 aliphatic rings. The zero-order valence-electron chi connectivity index (χ0n) is 18.7. The molecule has 1 unspecified atom stereocenters. The first-order chi connectivity index (χ1) is 16.0. The van der Waals surface area contributed by atoms with E-state index < -0.39 is 17.9 Å². The molecule has 2 heterocycles. The van der Waals surface area contributed by atoms with Gasteiger partial charge in [-0.05, 0) is 74.6 Å². The van der Waals surface area contributed by atoms with E-state index in [1.807, 2.05) is 0 Å². The quantitative estimate of drug-likeness (QED) is 0.492. The van der Waals surface area contributed by atoms with Gasteiger partial charge in [0, 0.05) is 18.8 Å². The zero-order valence-corrected chi connectivity index (χ0v) is 19.4. The molecule has 0 radical (unpaired) electrons. The van der Waals surface area contributed by atoms with Crippen molar-refractivity contribution < 1.29 is 14.3 Å². The summed E-state index contributed by atoms with van der Waals surface area (Å²) in [5, 5.41) is 6.39. The first-order valence-corrected chi connectivity index (χ1v) is 12.1. The van der Waals surface area contributed by atoms with Gasteiger partial charge in [0.1, 0.15) is 11.9 Å². The van der Waals surface area contributed by atoms with E-state index in [-0.39, 0.29) is 6.10 Å². The second-order valence-corrected chi connectivity index (χ2v) is 9.31. The minimum absolute atomic E-state index is 0.195. The molecular formula is C25H31ClN4O3. The van der Waals surface area contributed by atoms with Gasteiger partial charge in [-0.3, -0.25) is 9.59 Å². The molecule has 8 heteroatoms. The van der Waals surface area contributed by atoms with E-state index in [0.717, 1.165) is 50.2 Å². The molecule has 0 bridgehead atoms. The van der Waals surface area contributed by atoms with Gasteiger partial charge in [0.25, 0.3) is 5.91 Å². The summed E-state index contributed by atoms with van der Waals surface area (Å²) < 4.78 is 5.92. The molecule has 1 aliphatic heterocycles. The Bertz CT molecular complexity index is 993. The van der Waals surface area contributed by atoms with E-state index in [2.05, 4.69) is 22.8 Å². The van der Waals surface area contributed by atoms with Crippen LogP contribution in [0.25, 0.3) is 0 Å². The Kier molecular flexibility index (Phi) is 7.83. The van der Waals surface area contributed by atoms with Crippen molar-refractivity contribution in [1.29, 1.82) is 0 Å². The number of rotatable bonds is 10. The lowest BCUT2D eigenvalue weighted by Gasteiger charge is -2.35. The maximum Gasteiger partial charge on any atom is 0.253 e. The van der Waals surface area contributed by atoms with E-state index in [4.69, 9.17) is 27.1 Å². The Morgan fingerprint density at radius 3 is 2.85 bits per heavy atom. The molecule has 4 rings (SSSR count). The lowest BCUT2D eigenvalue weighted by atomic mass is 9.79. The number of carbonyl (C=O) groups is 2. The highest BCUT2D eigenvalue weighted by Gasteiger charge is 2.30. The van der Waals surface area contributed by atoms with Crippen molar-refractivity contribution in [1.82, 2.24) is 10.3 Å². The number of ether oxygens (including phenoxy) is 1. The minimum atomic E-state index is -0.798. The number of hydrogen-bond acceptors (Lipinski definition) is 5. The molecule has 33 heavy (non-hydrogen) atoms. The topological polar surface area (TPSA) is 106 Å². The number of anilines is 1. The van der Waals surface area contributed by atoms with Crippen LogP contribution in [0.15, 0.2) is 36.4 Å². The highest BCUT2D eigenvalue weighted by molar-refractivity contribution is 6.33. The smallest absolute Gasteiger partial charge is 0.253 e. The van der Waals surface area contributed by atoms with Gasteiger partial charge >= 0.3 is 0 Å². The Balaban J connectivity index is 1.15. The summed E-state index contributed by atoms with van der Waals surface area (Å²) in [4.78, 5) is 29.0. The van der Waals surface area contributed by atoms with Crippen molar-refractivity contribution in [2.24, 2.45) is 11.7 Å². The molecule has 2 aromatic rings. The molecule has 0 saturated heterocycles. The molecule has 7 nitrogen and oxygen atoms in total. The van der Waals surface area contributed by atoms with Crippen molar-refractivity contribution in [3.8, 4) is 0 Å². The molecule has 4 N–H and O–H groups in total. The number of benzene rings is 1. The molecular weight excluding hydrogens is 440 g/mol. The summed E-state index contributed by atoms with van der Waals surface area (Å²) in [6.45, 7) is 1.37. The number of primary amides is 1. The van der Waals surface area contributed by atoms with Crippen molar-refractivity contribution in [2.45, 2.75) is 57.1 Å². The van der Waals surface area contributed by atoms with E-state index in [1.165, 1.54) is 12.0 Å². The van der Waals surface area contributed by atoms with Gasteiger partial charge in [-0.2, -0.15) is 0 Å². The Labute approximate surface area is 199 Å². The van der Waals surface area contributed by atoms with Crippen molar-refractivity contribution in [3.05, 3.63) is 58.2 Å². The van der Waals surface area contributed by atoms with Gasteiger partial charge in [0.15, 0.2) is 0 Å². The Morgan fingerprint density at radius 1 is 1.24 bits per heavy atom. The van der Waals surface area contributed by atoms with Gasteiger partial charge in [-0.25, -0.2) is 4.98 Å². The van der Waals surface area contributed by atoms with Crippen molar-refractivity contribution in [2.75, 3.05) is 18.5 Å². The largest absolute Gasteiger partial charge is 0.378 e. The average Bonchev–Trinajstić information content (AvgIpc) is 2.79. The third-order valence-corrected chi connectivity index (χ3v) is 6.81. The molecule has 176 valence electrons. The van der Waals surface area contributed by atoms with Crippen LogP contribution < -0.4 is 16.4 Å². The second kappa shape index (κ2) is 11.0. The molecule has 1 aromatic carbocycles. The van der Waals surface area contributed by atoms with Gasteiger partial charge in [0.05, 0.1) is 16.7 Å². The SMILES string of the molecule is NC(=O)C(CCOC1CC(CCc2ccc3c(n2)NCCC3)C1)NC(=O)c1ccccc1Cl. The van der Waals surface area contributed by atoms with Crippen LogP contribution >= 0.6 is 11.6 Å². The maximum atomic E-state index is 12.4. The first kappa shape index (κ1) is 23.5. The van der Waals surface area contributed by atoms with E-state index in [1.54, 1.807) is 24.3 Å². The van der Waals surface area contributed by atoms with Gasteiger partial charge in [0.2, 0.25) is 5.91 Å². The number of nitrogens with zero attached hydrogens (tertiary/aromatic N) is 1. The van der Waals surface area contributed by atoms with Crippen LogP contribution in [0.3, 0.4) is 0 Å². The predicted octanol–water partition coefficient (Wildman–Crippen LogP) is 3.49. The third kappa shape index (κ3) is 6.24. The number of aromatic nitrogens is 1. The zero-order chi connectivity index (χ0) is 23.2. The number of aryl methyl sites for hydroxylation is 2. The molecule has 1 fully saturated rings. The maximum absolute atomic E-state index is 12.4. The van der Waals surface area contributed by atoms with Crippen molar-refractivity contribution in [3.63, 3.8) is 0 Å². The molecule has 2 amide bonds. The minimum Gasteiger partial charge on any atom is -0.378 e. The average molecular weight is 471 g/mol. The second-order valence-electron chi connectivity index (χ2n) is 8.91. The van der Waals surface area contributed by atoms with Crippen LogP contribution in [0.4, 0.5) is 5.82 Å². The number of nitrogens with two attached hydrogens (primary N) is 1. The van der Waals surface area contributed by atoms with Gasteiger partial charge in [-0.15, -0.1) is 0 Å². The van der Waals surface area contributed by atoms with Crippen LogP contribution in [0.1, 0.15) is 53.7 Å². The van der Waals surface area contributed by atoms with Crippen LogP contribution in [-0.2, 0) is 22.4 Å². The standard InChI is InChI=1S/C25H31ClN4O3/c26-21-6-2-1-5-20(21)25(32)30-22(23(27)31)11-13-33-19-14-16(15-19)7-9-18-10-8-17-4-3-12-28-24(17)29-18/h1-2,5-6,8,10,16,19,22H,3-4,7,9,11-15H2,(H2,27,31)(H,28,29)(H,30,32). The van der Waals surface area contributed by atoms with E-state index in [9.17, 15) is 9.59 Å². The lowest BCUT2D eigenvalue weighted by molar-refractivity contribution is -0.120. The molecule has 1 atom stereocenters. The van der Waals surface area contributed by atoms with Crippen LogP contribution in [0, 0.1) is 5.92 Å². The summed E-state index contributed by atoms with van der Waals surface area (Å²) in [6, 6.07) is 10.3. The fourth-order valence-electron chi connectivity index (χ4n) is 4.43. The van der Waals surface area contributed by atoms with E-state index >= 15 is 0 Å². The number of amides is 2. The number of fused-ring (bicyclic) bond motifs is 1. The summed E-state index contributed by atoms with van der Waals surface area (Å²) in [5.41, 5.74) is 8.25. The Hall–Kier alpha value is -2.64. The van der Waals surface area contributed by atoms with Gasteiger partial charge < -0.3 is 21.1 Å². The lowest BCUT2D eigenvalue weighted by Crippen LogP contribution is -2.45. The molecule has 1 saturated carbocycles. The highest BCUT2D eigenvalue weighted by atomic mass is 35.5. The number of carbonyl (C=O) groups excluding carboxylic acids is 2. The summed E-state index contributed by atoms with van der Waals surface area (Å²) in [7, 11) is 0. The molecule has 0 spiro atoms. The monoisotopic (exact) mass is 470 g/mol. The fourth-order valence-corrected chi connectivity index (χ4v) is 4.65. The normalized spacial score (nSPS) is 20.2. The summed E-state index contributed by atoms with van der Waals surface area (Å²) in [5.74, 6) is 0.684. The number of halogens is 1. The third-order valence-electron chi connectivity index (χ3n) is 6.48. The van der Waals surface area contributed by atoms with Crippen LogP contribution in [0.2, 0.25) is 5.02 Å². The van der Waals surface area contributed by atoms with Crippen LogP contribution in [-0.4, -0.2) is 42.1 Å². The van der Waals surface area contributed by atoms with Crippen molar-refractivity contribution >= 4 is 29.2 Å². The van der Waals surface area contributed by atoms with Crippen LogP contribution in [0.5, 0.6) is 0 Å². The number of nitrogens with one attached hydrogen (secondary N) is 2. The first-order valence-electron chi connectivity index (χ1n) is 11.7. The molecule has 1 aliphatic carbocycles. The number of hydrogen-bond donors (Lipinski definition) is 3. The predicted molar refractivity (Wildman–Crippen MR) is 128 cm³/mol. The highest BCUT2D eigenvalue weighted by Crippen LogP contribution is 2.34. The fraction of sp³-hybridized carbons (Fsp3) is 0.480. The Morgan fingerprint density at radius 2 is 2.06 bits per heavy atom. The summed E-state index contributed by atoms with van der Waals surface area (Å²) >= 11 is 6.06. The summed E-state index contributed by atoms with van der Waals surface area (Å²) in [6.07, 6.45) is 6.91.